The molecule has 0 aliphatic rings. The van der Waals surface area contributed by atoms with Gasteiger partial charge in [-0.15, -0.1) is 0 Å². The quantitative estimate of drug-likeness (QED) is 0.788. The van der Waals surface area contributed by atoms with Crippen LogP contribution in [-0.4, -0.2) is 19.5 Å². The maximum Gasteiger partial charge on any atom is 0.201 e. The molecular weight excluding hydrogens is 306 g/mol. The van der Waals surface area contributed by atoms with Gasteiger partial charge in [0.15, 0.2) is 0 Å². The van der Waals surface area contributed by atoms with Crippen LogP contribution in [0.1, 0.15) is 11.4 Å². The molecule has 2 aromatic heterocycles. The Morgan fingerprint density at radius 3 is 2.84 bits per heavy atom. The molecule has 2 N–H and O–H groups in total. The second-order valence-electron chi connectivity index (χ2n) is 4.34. The monoisotopic (exact) mass is 317 g/mol. The molecule has 0 bridgehead atoms. The number of aromatic nitrogens is 4. The summed E-state index contributed by atoms with van der Waals surface area (Å²) in [5.41, 5.74) is 9.59. The van der Waals surface area contributed by atoms with Gasteiger partial charge in [0.05, 0.1) is 35.2 Å². The molecular formula is C13H12BrN5. The molecule has 0 aliphatic carbocycles. The van der Waals surface area contributed by atoms with E-state index in [4.69, 9.17) is 5.73 Å². The van der Waals surface area contributed by atoms with Crippen molar-refractivity contribution in [1.29, 1.82) is 0 Å². The van der Waals surface area contributed by atoms with Crippen LogP contribution in [-0.2, 0) is 6.54 Å². The number of rotatable bonds is 2. The molecule has 6 heteroatoms. The molecule has 5 nitrogen and oxygen atoms in total. The predicted molar refractivity (Wildman–Crippen MR) is 77.7 cm³/mol. The van der Waals surface area contributed by atoms with Crippen LogP contribution in [0.5, 0.6) is 0 Å². The highest BCUT2D eigenvalue weighted by molar-refractivity contribution is 9.10. The predicted octanol–water partition coefficient (Wildman–Crippen LogP) is 2.53. The van der Waals surface area contributed by atoms with Crippen molar-refractivity contribution in [1.82, 2.24) is 19.5 Å². The fraction of sp³-hybridized carbons (Fsp3) is 0.154. The zero-order chi connectivity index (χ0) is 13.4. The Morgan fingerprint density at radius 2 is 2.11 bits per heavy atom. The molecule has 0 amide bonds. The Bertz CT molecular complexity index is 733. The Labute approximate surface area is 118 Å². The number of aryl methyl sites for hydroxylation is 1. The van der Waals surface area contributed by atoms with Crippen LogP contribution >= 0.6 is 15.9 Å². The fourth-order valence-corrected chi connectivity index (χ4v) is 2.30. The zero-order valence-electron chi connectivity index (χ0n) is 10.3. The minimum atomic E-state index is 0.482. The van der Waals surface area contributed by atoms with Crippen LogP contribution in [0.4, 0.5) is 5.95 Å². The number of nitrogen functional groups attached to an aromatic ring is 1. The van der Waals surface area contributed by atoms with Gasteiger partial charge in [-0.25, -0.2) is 4.98 Å². The van der Waals surface area contributed by atoms with Crippen LogP contribution in [0.15, 0.2) is 35.1 Å². The van der Waals surface area contributed by atoms with Crippen LogP contribution < -0.4 is 5.73 Å². The molecule has 0 radical (unpaired) electrons. The first-order chi connectivity index (χ1) is 9.13. The second kappa shape index (κ2) is 4.62. The average molecular weight is 318 g/mol. The van der Waals surface area contributed by atoms with E-state index in [9.17, 15) is 0 Å². The molecule has 3 rings (SSSR count). The molecule has 19 heavy (non-hydrogen) atoms. The van der Waals surface area contributed by atoms with Crippen molar-refractivity contribution in [3.8, 4) is 0 Å². The first-order valence-corrected chi connectivity index (χ1v) is 6.61. The van der Waals surface area contributed by atoms with Crippen LogP contribution in [0.2, 0.25) is 0 Å². The van der Waals surface area contributed by atoms with Gasteiger partial charge in [-0.3, -0.25) is 9.97 Å². The highest BCUT2D eigenvalue weighted by Crippen LogP contribution is 2.22. The van der Waals surface area contributed by atoms with E-state index in [0.717, 1.165) is 26.9 Å². The van der Waals surface area contributed by atoms with Gasteiger partial charge in [-0.2, -0.15) is 0 Å². The number of fused-ring (bicyclic) bond motifs is 1. The molecule has 0 unspecified atom stereocenters. The number of hydrogen-bond donors (Lipinski definition) is 1. The van der Waals surface area contributed by atoms with Gasteiger partial charge in [0, 0.05) is 10.7 Å². The maximum absolute atomic E-state index is 5.97. The summed E-state index contributed by atoms with van der Waals surface area (Å²) in [5.74, 6) is 0.482. The average Bonchev–Trinajstić information content (AvgIpc) is 2.68. The van der Waals surface area contributed by atoms with Crippen molar-refractivity contribution in [3.05, 3.63) is 46.5 Å². The lowest BCUT2D eigenvalue weighted by Crippen LogP contribution is -2.06. The van der Waals surface area contributed by atoms with E-state index in [1.165, 1.54) is 0 Å². The second-order valence-corrected chi connectivity index (χ2v) is 5.25. The number of anilines is 1. The highest BCUT2D eigenvalue weighted by Gasteiger charge is 2.09. The van der Waals surface area contributed by atoms with E-state index < -0.39 is 0 Å². The highest BCUT2D eigenvalue weighted by atomic mass is 79.9. The molecule has 2 heterocycles. The molecule has 1 aromatic carbocycles. The molecule has 0 spiro atoms. The summed E-state index contributed by atoms with van der Waals surface area (Å²) in [4.78, 5) is 12.9. The Balaban J connectivity index is 2.05. The van der Waals surface area contributed by atoms with Gasteiger partial charge in [-0.1, -0.05) is 15.9 Å². The topological polar surface area (TPSA) is 69.6 Å². The molecule has 96 valence electrons. The minimum Gasteiger partial charge on any atom is -0.369 e. The van der Waals surface area contributed by atoms with Crippen molar-refractivity contribution < 1.29 is 0 Å². The fourth-order valence-electron chi connectivity index (χ4n) is 1.95. The van der Waals surface area contributed by atoms with Crippen LogP contribution in [0, 0.1) is 6.92 Å². The first kappa shape index (κ1) is 12.1. The summed E-state index contributed by atoms with van der Waals surface area (Å²) >= 11 is 3.43. The van der Waals surface area contributed by atoms with Gasteiger partial charge < -0.3 is 10.3 Å². The van der Waals surface area contributed by atoms with E-state index in [1.807, 2.05) is 29.7 Å². The molecule has 0 saturated heterocycles. The van der Waals surface area contributed by atoms with Gasteiger partial charge in [0.2, 0.25) is 5.95 Å². The molecule has 0 atom stereocenters. The van der Waals surface area contributed by atoms with Gasteiger partial charge in [0.1, 0.15) is 0 Å². The van der Waals surface area contributed by atoms with E-state index in [2.05, 4.69) is 30.9 Å². The Kier molecular flexibility index (Phi) is 2.94. The lowest BCUT2D eigenvalue weighted by atomic mass is 10.3. The van der Waals surface area contributed by atoms with Crippen molar-refractivity contribution in [2.45, 2.75) is 13.5 Å². The number of benzene rings is 1. The van der Waals surface area contributed by atoms with Crippen molar-refractivity contribution >= 4 is 32.9 Å². The van der Waals surface area contributed by atoms with Crippen molar-refractivity contribution in [3.63, 3.8) is 0 Å². The summed E-state index contributed by atoms with van der Waals surface area (Å²) < 4.78 is 2.92. The van der Waals surface area contributed by atoms with Gasteiger partial charge in [0.25, 0.3) is 0 Å². The third-order valence-corrected chi connectivity index (χ3v) is 3.39. The third kappa shape index (κ3) is 2.31. The van der Waals surface area contributed by atoms with Crippen LogP contribution in [0.3, 0.4) is 0 Å². The Morgan fingerprint density at radius 1 is 1.26 bits per heavy atom. The van der Waals surface area contributed by atoms with Crippen LogP contribution in [0.25, 0.3) is 11.0 Å². The number of nitrogens with two attached hydrogens (primary N) is 1. The van der Waals surface area contributed by atoms with Gasteiger partial charge >= 0.3 is 0 Å². The lowest BCUT2D eigenvalue weighted by Gasteiger charge is -2.05. The largest absolute Gasteiger partial charge is 0.369 e. The number of nitrogens with zero attached hydrogens (tertiary/aromatic N) is 4. The van der Waals surface area contributed by atoms with Crippen molar-refractivity contribution in [2.24, 2.45) is 0 Å². The van der Waals surface area contributed by atoms with Crippen molar-refractivity contribution in [2.75, 3.05) is 5.73 Å². The maximum atomic E-state index is 5.97. The Hall–Kier alpha value is -1.95. The van der Waals surface area contributed by atoms with E-state index in [-0.39, 0.29) is 0 Å². The lowest BCUT2D eigenvalue weighted by molar-refractivity contribution is 0.798. The number of imidazole rings is 1. The normalized spacial score (nSPS) is 11.1. The number of hydrogen-bond acceptors (Lipinski definition) is 4. The van der Waals surface area contributed by atoms with E-state index in [1.54, 1.807) is 12.4 Å². The molecule has 0 fully saturated rings. The summed E-state index contributed by atoms with van der Waals surface area (Å²) in [6, 6.07) is 5.91. The molecule has 0 saturated carbocycles. The summed E-state index contributed by atoms with van der Waals surface area (Å²) in [6.07, 6.45) is 3.51. The summed E-state index contributed by atoms with van der Waals surface area (Å²) in [5, 5.41) is 0. The number of halogens is 1. The van der Waals surface area contributed by atoms with E-state index >= 15 is 0 Å². The standard InChI is InChI=1S/C13H12BrN5/c1-8-5-17-10(6-16-8)7-19-12-3-2-9(14)4-11(12)18-13(19)15/h2-6H,7H2,1H3,(H2,15,18). The molecule has 3 aromatic rings. The first-order valence-electron chi connectivity index (χ1n) is 5.82. The minimum absolute atomic E-state index is 0.482. The smallest absolute Gasteiger partial charge is 0.201 e. The summed E-state index contributed by atoms with van der Waals surface area (Å²) in [6.45, 7) is 2.48. The summed E-state index contributed by atoms with van der Waals surface area (Å²) in [7, 11) is 0. The zero-order valence-corrected chi connectivity index (χ0v) is 11.9. The van der Waals surface area contributed by atoms with Gasteiger partial charge in [-0.05, 0) is 25.1 Å². The SMILES string of the molecule is Cc1cnc(Cn2c(N)nc3cc(Br)ccc32)cn1. The molecule has 0 aliphatic heterocycles. The third-order valence-electron chi connectivity index (χ3n) is 2.89. The van der Waals surface area contributed by atoms with E-state index in [0.29, 0.717) is 12.5 Å².